The predicted octanol–water partition coefficient (Wildman–Crippen LogP) is 0.0934. The fourth-order valence-electron chi connectivity index (χ4n) is 2.57. The van der Waals surface area contributed by atoms with Crippen LogP contribution in [0.25, 0.3) is 0 Å². The summed E-state index contributed by atoms with van der Waals surface area (Å²) in [4.78, 5) is 22.1. The second kappa shape index (κ2) is 8.12. The Balaban J connectivity index is 2.29. The van der Waals surface area contributed by atoms with Gasteiger partial charge in [-0.15, -0.1) is 0 Å². The summed E-state index contributed by atoms with van der Waals surface area (Å²) in [5.74, 6) is -0.696. The molecular weight excluding hydrogens is 248 g/mol. The van der Waals surface area contributed by atoms with E-state index in [4.69, 9.17) is 10.8 Å². The Labute approximate surface area is 113 Å². The van der Waals surface area contributed by atoms with Crippen LogP contribution in [-0.4, -0.2) is 41.3 Å². The Morgan fingerprint density at radius 2 is 1.89 bits per heavy atom. The number of carbonyl (C=O) groups is 2. The molecule has 0 spiro atoms. The van der Waals surface area contributed by atoms with Crippen molar-refractivity contribution in [3.8, 4) is 0 Å². The van der Waals surface area contributed by atoms with Crippen molar-refractivity contribution in [2.75, 3.05) is 13.2 Å². The standard InChI is InChI=1S/C13H24N2O4/c14-11(5-6-12(17)18)13(19)15-7-9-3-1-2-4-10(9)8-16/h9-11,16H,1-8,14H2,(H,15,19)(H,17,18). The molecule has 1 amide bonds. The summed E-state index contributed by atoms with van der Waals surface area (Å²) < 4.78 is 0. The average Bonchev–Trinajstić information content (AvgIpc) is 2.42. The van der Waals surface area contributed by atoms with Gasteiger partial charge in [0.15, 0.2) is 0 Å². The van der Waals surface area contributed by atoms with E-state index < -0.39 is 12.0 Å². The molecule has 6 nitrogen and oxygen atoms in total. The summed E-state index contributed by atoms with van der Waals surface area (Å²) in [6.45, 7) is 0.677. The zero-order valence-corrected chi connectivity index (χ0v) is 11.2. The molecule has 1 saturated carbocycles. The maximum absolute atomic E-state index is 11.7. The van der Waals surface area contributed by atoms with Crippen LogP contribution < -0.4 is 11.1 Å². The lowest BCUT2D eigenvalue weighted by Gasteiger charge is -2.30. The van der Waals surface area contributed by atoms with Crippen LogP contribution >= 0.6 is 0 Å². The van der Waals surface area contributed by atoms with Crippen LogP contribution in [0.2, 0.25) is 0 Å². The monoisotopic (exact) mass is 272 g/mol. The van der Waals surface area contributed by atoms with Gasteiger partial charge in [0.05, 0.1) is 6.04 Å². The molecule has 0 aromatic rings. The van der Waals surface area contributed by atoms with Gasteiger partial charge in [0.25, 0.3) is 0 Å². The van der Waals surface area contributed by atoms with E-state index in [2.05, 4.69) is 5.32 Å². The molecule has 6 heteroatoms. The van der Waals surface area contributed by atoms with E-state index >= 15 is 0 Å². The first-order valence-corrected chi connectivity index (χ1v) is 6.90. The maximum Gasteiger partial charge on any atom is 0.303 e. The average molecular weight is 272 g/mol. The molecule has 0 heterocycles. The minimum Gasteiger partial charge on any atom is -0.481 e. The smallest absolute Gasteiger partial charge is 0.303 e. The van der Waals surface area contributed by atoms with E-state index in [1.165, 1.54) is 0 Å². The van der Waals surface area contributed by atoms with E-state index in [0.717, 1.165) is 25.7 Å². The van der Waals surface area contributed by atoms with E-state index in [1.54, 1.807) is 0 Å². The minimum atomic E-state index is -0.948. The van der Waals surface area contributed by atoms with Crippen LogP contribution in [0, 0.1) is 11.8 Å². The number of nitrogens with two attached hydrogens (primary N) is 1. The fraction of sp³-hybridized carbons (Fsp3) is 0.846. The van der Waals surface area contributed by atoms with Crippen LogP contribution in [0.4, 0.5) is 0 Å². The lowest BCUT2D eigenvalue weighted by atomic mass is 9.79. The lowest BCUT2D eigenvalue weighted by molar-refractivity contribution is -0.137. The van der Waals surface area contributed by atoms with Crippen molar-refractivity contribution >= 4 is 11.9 Å². The third kappa shape index (κ3) is 5.57. The SMILES string of the molecule is NC(CCC(=O)O)C(=O)NCC1CCCCC1CO. The van der Waals surface area contributed by atoms with Crippen molar-refractivity contribution in [2.45, 2.75) is 44.6 Å². The fourth-order valence-corrected chi connectivity index (χ4v) is 2.57. The number of rotatable bonds is 7. The highest BCUT2D eigenvalue weighted by molar-refractivity contribution is 5.82. The summed E-state index contributed by atoms with van der Waals surface area (Å²) in [5, 5.41) is 20.6. The van der Waals surface area contributed by atoms with Crippen molar-refractivity contribution in [3.05, 3.63) is 0 Å². The van der Waals surface area contributed by atoms with Crippen LogP contribution in [0.5, 0.6) is 0 Å². The number of carbonyl (C=O) groups excluding carboxylic acids is 1. The van der Waals surface area contributed by atoms with Crippen molar-refractivity contribution in [1.82, 2.24) is 5.32 Å². The number of aliphatic hydroxyl groups is 1. The number of aliphatic carboxylic acids is 1. The Morgan fingerprint density at radius 1 is 1.26 bits per heavy atom. The molecule has 3 atom stereocenters. The summed E-state index contributed by atoms with van der Waals surface area (Å²) in [6, 6.07) is -0.771. The third-order valence-electron chi connectivity index (χ3n) is 3.85. The van der Waals surface area contributed by atoms with E-state index in [0.29, 0.717) is 12.5 Å². The largest absolute Gasteiger partial charge is 0.481 e. The van der Waals surface area contributed by atoms with E-state index in [-0.39, 0.29) is 31.3 Å². The van der Waals surface area contributed by atoms with Gasteiger partial charge in [-0.25, -0.2) is 0 Å². The second-order valence-electron chi connectivity index (χ2n) is 5.27. The van der Waals surface area contributed by atoms with E-state index in [9.17, 15) is 14.7 Å². The zero-order valence-electron chi connectivity index (χ0n) is 11.2. The number of hydrogen-bond donors (Lipinski definition) is 4. The number of amides is 1. The molecule has 19 heavy (non-hydrogen) atoms. The molecule has 0 aliphatic heterocycles. The summed E-state index contributed by atoms with van der Waals surface area (Å²) in [7, 11) is 0. The molecule has 1 fully saturated rings. The Kier molecular flexibility index (Phi) is 6.80. The highest BCUT2D eigenvalue weighted by atomic mass is 16.4. The van der Waals surface area contributed by atoms with Crippen molar-refractivity contribution in [3.63, 3.8) is 0 Å². The lowest BCUT2D eigenvalue weighted by Crippen LogP contribution is -2.44. The summed E-state index contributed by atoms with van der Waals surface area (Å²) in [5.41, 5.74) is 5.62. The molecule has 1 rings (SSSR count). The molecule has 0 saturated heterocycles. The van der Waals surface area contributed by atoms with Crippen LogP contribution in [-0.2, 0) is 9.59 Å². The molecule has 0 bridgehead atoms. The molecule has 1 aliphatic carbocycles. The van der Waals surface area contributed by atoms with Gasteiger partial charge in [0.1, 0.15) is 0 Å². The first kappa shape index (κ1) is 15.9. The van der Waals surface area contributed by atoms with Crippen LogP contribution in [0.3, 0.4) is 0 Å². The van der Waals surface area contributed by atoms with Gasteiger partial charge in [-0.05, 0) is 31.1 Å². The minimum absolute atomic E-state index is 0.0999. The van der Waals surface area contributed by atoms with Gasteiger partial charge < -0.3 is 21.3 Å². The Hall–Kier alpha value is -1.14. The number of hydrogen-bond acceptors (Lipinski definition) is 4. The summed E-state index contributed by atoms with van der Waals surface area (Å²) in [6.07, 6.45) is 4.32. The number of nitrogens with one attached hydrogen (secondary N) is 1. The Morgan fingerprint density at radius 3 is 2.47 bits per heavy atom. The number of carboxylic acids is 1. The molecule has 1 aliphatic rings. The first-order chi connectivity index (χ1) is 9.04. The number of aliphatic hydroxyl groups excluding tert-OH is 1. The van der Waals surface area contributed by atoms with Crippen molar-refractivity contribution in [1.29, 1.82) is 0 Å². The first-order valence-electron chi connectivity index (χ1n) is 6.90. The van der Waals surface area contributed by atoms with Gasteiger partial charge in [0.2, 0.25) is 5.91 Å². The Bertz CT molecular complexity index is 309. The van der Waals surface area contributed by atoms with Gasteiger partial charge >= 0.3 is 5.97 Å². The predicted molar refractivity (Wildman–Crippen MR) is 70.4 cm³/mol. The molecule has 0 aromatic carbocycles. The molecule has 5 N–H and O–H groups in total. The topological polar surface area (TPSA) is 113 Å². The van der Waals surface area contributed by atoms with Gasteiger partial charge in [-0.2, -0.15) is 0 Å². The zero-order chi connectivity index (χ0) is 14.3. The summed E-state index contributed by atoms with van der Waals surface area (Å²) >= 11 is 0. The van der Waals surface area contributed by atoms with Gasteiger partial charge in [-0.3, -0.25) is 9.59 Å². The van der Waals surface area contributed by atoms with Crippen molar-refractivity contribution < 1.29 is 19.8 Å². The van der Waals surface area contributed by atoms with Crippen molar-refractivity contribution in [2.24, 2.45) is 17.6 Å². The molecule has 0 radical (unpaired) electrons. The molecule has 110 valence electrons. The highest BCUT2D eigenvalue weighted by Crippen LogP contribution is 2.29. The van der Waals surface area contributed by atoms with E-state index in [1.807, 2.05) is 0 Å². The van der Waals surface area contributed by atoms with Gasteiger partial charge in [0, 0.05) is 19.6 Å². The highest BCUT2D eigenvalue weighted by Gasteiger charge is 2.25. The maximum atomic E-state index is 11.7. The number of carboxylic acid groups (broad SMARTS) is 1. The third-order valence-corrected chi connectivity index (χ3v) is 3.85. The van der Waals surface area contributed by atoms with Crippen LogP contribution in [0.15, 0.2) is 0 Å². The molecular formula is C13H24N2O4. The normalized spacial score (nSPS) is 24.7. The molecule has 0 aromatic heterocycles. The second-order valence-corrected chi connectivity index (χ2v) is 5.27. The van der Waals surface area contributed by atoms with Crippen LogP contribution in [0.1, 0.15) is 38.5 Å². The quantitative estimate of drug-likeness (QED) is 0.525. The van der Waals surface area contributed by atoms with Gasteiger partial charge in [-0.1, -0.05) is 12.8 Å². The molecule has 3 unspecified atom stereocenters.